The summed E-state index contributed by atoms with van der Waals surface area (Å²) in [7, 11) is 0. The molecule has 0 aliphatic rings. The lowest BCUT2D eigenvalue weighted by Crippen LogP contribution is -2.46. The molecular weight excluding hydrogens is 280 g/mol. The number of nitrogens with zero attached hydrogens (tertiary/aromatic N) is 1. The lowest BCUT2D eigenvalue weighted by atomic mass is 10.2. The third-order valence-electron chi connectivity index (χ3n) is 2.64. The molecule has 8 heteroatoms. The van der Waals surface area contributed by atoms with Crippen molar-refractivity contribution in [1.82, 2.24) is 20.6 Å². The predicted molar refractivity (Wildman–Crippen MR) is 77.9 cm³/mol. The highest BCUT2D eigenvalue weighted by Crippen LogP contribution is 2.01. The molecule has 0 aromatic carbocycles. The Labute approximate surface area is 121 Å². The number of nitrogens with one attached hydrogen (secondary N) is 3. The topological polar surface area (TPSA) is 107 Å². The maximum Gasteiger partial charge on any atom is 0.326 e. The molecule has 0 fully saturated rings. The first-order valence-electron chi connectivity index (χ1n) is 6.38. The van der Waals surface area contributed by atoms with Crippen molar-refractivity contribution < 1.29 is 14.7 Å². The Morgan fingerprint density at radius 2 is 2.35 bits per heavy atom. The Hall–Kier alpha value is -1.70. The van der Waals surface area contributed by atoms with Gasteiger partial charge in [-0.2, -0.15) is 11.8 Å². The number of carbonyl (C=O) groups excluding carboxylic acids is 1. The van der Waals surface area contributed by atoms with Crippen molar-refractivity contribution in [3.63, 3.8) is 0 Å². The van der Waals surface area contributed by atoms with Crippen LogP contribution < -0.4 is 10.6 Å². The van der Waals surface area contributed by atoms with Crippen LogP contribution >= 0.6 is 11.8 Å². The minimum atomic E-state index is -1.01. The van der Waals surface area contributed by atoms with E-state index >= 15 is 0 Å². The van der Waals surface area contributed by atoms with E-state index in [0.29, 0.717) is 18.7 Å². The second-order valence-electron chi connectivity index (χ2n) is 4.21. The average Bonchev–Trinajstić information content (AvgIpc) is 2.92. The van der Waals surface area contributed by atoms with E-state index in [1.165, 1.54) is 0 Å². The number of aromatic amines is 1. The number of rotatable bonds is 9. The molecule has 0 radical (unpaired) electrons. The summed E-state index contributed by atoms with van der Waals surface area (Å²) < 4.78 is 0. The van der Waals surface area contributed by atoms with E-state index in [4.69, 9.17) is 5.11 Å². The van der Waals surface area contributed by atoms with Crippen LogP contribution in [-0.4, -0.2) is 51.7 Å². The Morgan fingerprint density at radius 1 is 1.55 bits per heavy atom. The minimum absolute atomic E-state index is 0.413. The van der Waals surface area contributed by atoms with Gasteiger partial charge in [0.25, 0.3) is 0 Å². The van der Waals surface area contributed by atoms with Crippen molar-refractivity contribution in [2.45, 2.75) is 25.3 Å². The number of hydrogen-bond donors (Lipinski definition) is 4. The molecule has 0 saturated heterocycles. The number of carboxylic acids is 1. The number of amides is 2. The summed E-state index contributed by atoms with van der Waals surface area (Å²) in [6.45, 7) is 0.474. The smallest absolute Gasteiger partial charge is 0.326 e. The SMILES string of the molecule is CSCC[C@@H](NC(=O)NCCCc1ncc[nH]1)C(=O)O. The van der Waals surface area contributed by atoms with Gasteiger partial charge in [0.05, 0.1) is 0 Å². The first kappa shape index (κ1) is 16.4. The summed E-state index contributed by atoms with van der Waals surface area (Å²) >= 11 is 1.55. The highest BCUT2D eigenvalue weighted by Gasteiger charge is 2.18. The highest BCUT2D eigenvalue weighted by atomic mass is 32.2. The largest absolute Gasteiger partial charge is 0.480 e. The number of carboxylic acid groups (broad SMARTS) is 1. The van der Waals surface area contributed by atoms with Crippen LogP contribution in [0.3, 0.4) is 0 Å². The molecule has 4 N–H and O–H groups in total. The van der Waals surface area contributed by atoms with Crippen molar-refractivity contribution in [3.05, 3.63) is 18.2 Å². The first-order chi connectivity index (χ1) is 9.63. The monoisotopic (exact) mass is 300 g/mol. The van der Waals surface area contributed by atoms with Gasteiger partial charge in [-0.1, -0.05) is 0 Å². The van der Waals surface area contributed by atoms with E-state index < -0.39 is 18.0 Å². The molecule has 0 saturated carbocycles. The zero-order chi connectivity index (χ0) is 14.8. The molecule has 0 spiro atoms. The lowest BCUT2D eigenvalue weighted by Gasteiger charge is -2.14. The number of H-pyrrole nitrogens is 1. The van der Waals surface area contributed by atoms with Gasteiger partial charge in [-0.3, -0.25) is 0 Å². The second kappa shape index (κ2) is 9.24. The van der Waals surface area contributed by atoms with Crippen LogP contribution in [0.5, 0.6) is 0 Å². The van der Waals surface area contributed by atoms with Gasteiger partial charge in [0.15, 0.2) is 0 Å². The van der Waals surface area contributed by atoms with Crippen molar-refractivity contribution >= 4 is 23.8 Å². The predicted octanol–water partition coefficient (Wildman–Crippen LogP) is 0.848. The van der Waals surface area contributed by atoms with E-state index in [-0.39, 0.29) is 0 Å². The molecule has 1 rings (SSSR count). The van der Waals surface area contributed by atoms with Crippen LogP contribution in [-0.2, 0) is 11.2 Å². The molecule has 0 aliphatic carbocycles. The lowest BCUT2D eigenvalue weighted by molar-refractivity contribution is -0.139. The molecule has 0 unspecified atom stereocenters. The molecule has 1 atom stereocenters. The van der Waals surface area contributed by atoms with Crippen molar-refractivity contribution in [3.8, 4) is 0 Å². The molecule has 2 amide bonds. The summed E-state index contributed by atoms with van der Waals surface area (Å²) in [6, 6.07) is -1.29. The zero-order valence-electron chi connectivity index (χ0n) is 11.4. The van der Waals surface area contributed by atoms with E-state index in [0.717, 1.165) is 18.7 Å². The van der Waals surface area contributed by atoms with Crippen LogP contribution in [0.4, 0.5) is 4.79 Å². The number of aryl methyl sites for hydroxylation is 1. The van der Waals surface area contributed by atoms with E-state index in [1.807, 2.05) is 6.26 Å². The van der Waals surface area contributed by atoms with Crippen molar-refractivity contribution in [2.24, 2.45) is 0 Å². The normalized spacial score (nSPS) is 11.8. The fraction of sp³-hybridized carbons (Fsp3) is 0.583. The summed E-state index contributed by atoms with van der Waals surface area (Å²) in [5, 5.41) is 14.1. The number of urea groups is 1. The molecule has 112 valence electrons. The minimum Gasteiger partial charge on any atom is -0.480 e. The van der Waals surface area contributed by atoms with E-state index in [9.17, 15) is 9.59 Å². The fourth-order valence-electron chi connectivity index (χ4n) is 1.59. The molecule has 1 heterocycles. The molecule has 0 aliphatic heterocycles. The quantitative estimate of drug-likeness (QED) is 0.506. The Bertz CT molecular complexity index is 411. The van der Waals surface area contributed by atoms with Gasteiger partial charge in [-0.25, -0.2) is 14.6 Å². The van der Waals surface area contributed by atoms with Crippen molar-refractivity contribution in [1.29, 1.82) is 0 Å². The number of thioether (sulfide) groups is 1. The summed E-state index contributed by atoms with van der Waals surface area (Å²) in [5.41, 5.74) is 0. The number of aromatic nitrogens is 2. The van der Waals surface area contributed by atoms with Gasteiger partial charge in [0.2, 0.25) is 0 Å². The van der Waals surface area contributed by atoms with Gasteiger partial charge >= 0.3 is 12.0 Å². The zero-order valence-corrected chi connectivity index (χ0v) is 12.2. The van der Waals surface area contributed by atoms with Crippen LogP contribution in [0.25, 0.3) is 0 Å². The summed E-state index contributed by atoms with van der Waals surface area (Å²) in [6.07, 6.45) is 7.22. The van der Waals surface area contributed by atoms with Gasteiger partial charge < -0.3 is 20.7 Å². The number of imidazole rings is 1. The highest BCUT2D eigenvalue weighted by molar-refractivity contribution is 7.98. The van der Waals surface area contributed by atoms with Crippen LogP contribution in [0.1, 0.15) is 18.7 Å². The second-order valence-corrected chi connectivity index (χ2v) is 5.20. The van der Waals surface area contributed by atoms with Crippen molar-refractivity contribution in [2.75, 3.05) is 18.6 Å². The third kappa shape index (κ3) is 6.46. The fourth-order valence-corrected chi connectivity index (χ4v) is 2.07. The van der Waals surface area contributed by atoms with E-state index in [2.05, 4.69) is 20.6 Å². The first-order valence-corrected chi connectivity index (χ1v) is 7.77. The van der Waals surface area contributed by atoms with Gasteiger partial charge in [-0.05, 0) is 24.9 Å². The number of hydrogen-bond acceptors (Lipinski definition) is 4. The van der Waals surface area contributed by atoms with Crippen LogP contribution in [0, 0.1) is 0 Å². The Kier molecular flexibility index (Phi) is 7.56. The molecule has 1 aromatic heterocycles. The van der Waals surface area contributed by atoms with Crippen LogP contribution in [0.2, 0.25) is 0 Å². The van der Waals surface area contributed by atoms with Gasteiger partial charge in [0.1, 0.15) is 11.9 Å². The third-order valence-corrected chi connectivity index (χ3v) is 3.29. The van der Waals surface area contributed by atoms with Gasteiger partial charge in [0, 0.05) is 25.4 Å². The Balaban J connectivity index is 2.18. The van der Waals surface area contributed by atoms with Crippen LogP contribution in [0.15, 0.2) is 12.4 Å². The average molecular weight is 300 g/mol. The Morgan fingerprint density at radius 3 is 2.95 bits per heavy atom. The maximum atomic E-state index is 11.6. The number of carbonyl (C=O) groups is 2. The van der Waals surface area contributed by atoms with E-state index in [1.54, 1.807) is 24.2 Å². The summed E-state index contributed by atoms with van der Waals surface area (Å²) in [4.78, 5) is 29.6. The molecule has 0 bridgehead atoms. The molecular formula is C12H20N4O3S. The number of aliphatic carboxylic acids is 1. The standard InChI is InChI=1S/C12H20N4O3S/c1-20-8-4-9(11(17)18)16-12(19)15-5-2-3-10-13-6-7-14-10/h6-7,9H,2-5,8H2,1H3,(H,13,14)(H,17,18)(H2,15,16,19)/t9-/m1/s1. The molecule has 1 aromatic rings. The summed E-state index contributed by atoms with van der Waals surface area (Å²) in [5.74, 6) is 0.552. The maximum absolute atomic E-state index is 11.6. The van der Waals surface area contributed by atoms with Gasteiger partial charge in [-0.15, -0.1) is 0 Å². The molecule has 20 heavy (non-hydrogen) atoms. The molecule has 7 nitrogen and oxygen atoms in total.